The number of aliphatic hydroxyl groups excluding tert-OH is 1. The lowest BCUT2D eigenvalue weighted by Crippen LogP contribution is -2.52. The van der Waals surface area contributed by atoms with E-state index in [-0.39, 0.29) is 18.8 Å². The Morgan fingerprint density at radius 1 is 1.40 bits per heavy atom. The van der Waals surface area contributed by atoms with Crippen molar-refractivity contribution in [2.24, 2.45) is 0 Å². The summed E-state index contributed by atoms with van der Waals surface area (Å²) in [4.78, 5) is 2.36. The van der Waals surface area contributed by atoms with Crippen LogP contribution in [0.4, 0.5) is 0 Å². The van der Waals surface area contributed by atoms with Crippen LogP contribution >= 0.6 is 15.9 Å². The molecule has 3 atom stereocenters. The zero-order chi connectivity index (χ0) is 14.1. The maximum atomic E-state index is 9.24. The number of ether oxygens (including phenoxy) is 2. The molecule has 1 aromatic rings. The Bertz CT molecular complexity index is 482. The SMILES string of the molecule is CC1COC(CO)CN1CC1Cc2cc(Br)ccc2O1. The van der Waals surface area contributed by atoms with Crippen LogP contribution in [0.3, 0.4) is 0 Å². The molecule has 0 aromatic heterocycles. The van der Waals surface area contributed by atoms with Gasteiger partial charge in [0.25, 0.3) is 0 Å². The van der Waals surface area contributed by atoms with Crippen molar-refractivity contribution in [2.45, 2.75) is 31.6 Å². The van der Waals surface area contributed by atoms with Crippen molar-refractivity contribution in [1.82, 2.24) is 4.90 Å². The van der Waals surface area contributed by atoms with Gasteiger partial charge >= 0.3 is 0 Å². The summed E-state index contributed by atoms with van der Waals surface area (Å²) < 4.78 is 12.7. The van der Waals surface area contributed by atoms with E-state index in [4.69, 9.17) is 9.47 Å². The second-order valence-electron chi connectivity index (χ2n) is 5.64. The van der Waals surface area contributed by atoms with E-state index >= 15 is 0 Å². The predicted octanol–water partition coefficient (Wildman–Crippen LogP) is 1.83. The molecule has 1 aromatic carbocycles. The Morgan fingerprint density at radius 3 is 3.05 bits per heavy atom. The number of aliphatic hydroxyl groups is 1. The molecule has 1 fully saturated rings. The summed E-state index contributed by atoms with van der Waals surface area (Å²) in [5, 5.41) is 9.24. The zero-order valence-electron chi connectivity index (χ0n) is 11.6. The highest BCUT2D eigenvalue weighted by Crippen LogP contribution is 2.31. The quantitative estimate of drug-likeness (QED) is 0.910. The number of benzene rings is 1. The predicted molar refractivity (Wildman–Crippen MR) is 80.1 cm³/mol. The van der Waals surface area contributed by atoms with Crippen molar-refractivity contribution in [3.63, 3.8) is 0 Å². The summed E-state index contributed by atoms with van der Waals surface area (Å²) in [6.45, 7) is 4.58. The number of morpholine rings is 1. The smallest absolute Gasteiger partial charge is 0.123 e. The van der Waals surface area contributed by atoms with Gasteiger partial charge in [0.1, 0.15) is 11.9 Å². The number of hydrogen-bond donors (Lipinski definition) is 1. The van der Waals surface area contributed by atoms with Crippen LogP contribution in [-0.4, -0.2) is 54.6 Å². The fourth-order valence-electron chi connectivity index (χ4n) is 2.89. The minimum Gasteiger partial charge on any atom is -0.488 e. The lowest BCUT2D eigenvalue weighted by molar-refractivity contribution is -0.0840. The van der Waals surface area contributed by atoms with E-state index in [9.17, 15) is 5.11 Å². The molecule has 0 radical (unpaired) electrons. The summed E-state index contributed by atoms with van der Waals surface area (Å²) in [6, 6.07) is 6.55. The van der Waals surface area contributed by atoms with Crippen molar-refractivity contribution >= 4 is 15.9 Å². The Hall–Kier alpha value is -0.620. The molecule has 0 spiro atoms. The Kier molecular flexibility index (Phi) is 4.31. The lowest BCUT2D eigenvalue weighted by Gasteiger charge is -2.38. The minimum atomic E-state index is -0.0656. The lowest BCUT2D eigenvalue weighted by atomic mass is 10.1. The van der Waals surface area contributed by atoms with Gasteiger partial charge in [-0.2, -0.15) is 0 Å². The fourth-order valence-corrected chi connectivity index (χ4v) is 3.30. The first-order valence-electron chi connectivity index (χ1n) is 7.07. The summed E-state index contributed by atoms with van der Waals surface area (Å²) in [5.74, 6) is 0.998. The van der Waals surface area contributed by atoms with Crippen molar-refractivity contribution in [2.75, 3.05) is 26.3 Å². The zero-order valence-corrected chi connectivity index (χ0v) is 13.2. The topological polar surface area (TPSA) is 41.9 Å². The summed E-state index contributed by atoms with van der Waals surface area (Å²) >= 11 is 3.50. The first-order valence-corrected chi connectivity index (χ1v) is 7.86. The molecule has 0 saturated carbocycles. The van der Waals surface area contributed by atoms with Crippen LogP contribution in [0.5, 0.6) is 5.75 Å². The molecule has 3 unspecified atom stereocenters. The van der Waals surface area contributed by atoms with E-state index in [1.807, 2.05) is 12.1 Å². The molecule has 110 valence electrons. The number of hydrogen-bond acceptors (Lipinski definition) is 4. The highest BCUT2D eigenvalue weighted by molar-refractivity contribution is 9.10. The third-order valence-corrected chi connectivity index (χ3v) is 4.53. The molecule has 1 saturated heterocycles. The van der Waals surface area contributed by atoms with Gasteiger partial charge in [0.2, 0.25) is 0 Å². The monoisotopic (exact) mass is 341 g/mol. The first-order chi connectivity index (χ1) is 9.65. The van der Waals surface area contributed by atoms with Crippen LogP contribution in [0.25, 0.3) is 0 Å². The van der Waals surface area contributed by atoms with Gasteiger partial charge in [0, 0.05) is 30.0 Å². The maximum absolute atomic E-state index is 9.24. The van der Waals surface area contributed by atoms with Gasteiger partial charge in [0.05, 0.1) is 19.3 Å². The molecule has 5 heteroatoms. The largest absolute Gasteiger partial charge is 0.488 e. The molecule has 0 aliphatic carbocycles. The number of fused-ring (bicyclic) bond motifs is 1. The van der Waals surface area contributed by atoms with Gasteiger partial charge in [-0.1, -0.05) is 15.9 Å². The van der Waals surface area contributed by atoms with Gasteiger partial charge in [-0.15, -0.1) is 0 Å². The molecule has 2 aliphatic heterocycles. The van der Waals surface area contributed by atoms with Gasteiger partial charge in [-0.25, -0.2) is 0 Å². The Balaban J connectivity index is 1.62. The average molecular weight is 342 g/mol. The second-order valence-corrected chi connectivity index (χ2v) is 6.55. The first kappa shape index (κ1) is 14.3. The number of nitrogens with zero attached hydrogens (tertiary/aromatic N) is 1. The second kappa shape index (κ2) is 6.02. The van der Waals surface area contributed by atoms with Crippen LogP contribution in [-0.2, 0) is 11.2 Å². The standard InChI is InChI=1S/C15H20BrNO3/c1-10-9-19-14(8-18)7-17(10)6-13-5-11-4-12(16)2-3-15(11)20-13/h2-4,10,13-14,18H,5-9H2,1H3. The molecule has 2 heterocycles. The molecular formula is C15H20BrNO3. The fraction of sp³-hybridized carbons (Fsp3) is 0.600. The summed E-state index contributed by atoms with van der Waals surface area (Å²) in [7, 11) is 0. The Morgan fingerprint density at radius 2 is 2.25 bits per heavy atom. The van der Waals surface area contributed by atoms with E-state index in [1.54, 1.807) is 0 Å². The normalized spacial score (nSPS) is 30.1. The summed E-state index contributed by atoms with van der Waals surface area (Å²) in [5.41, 5.74) is 1.27. The summed E-state index contributed by atoms with van der Waals surface area (Å²) in [6.07, 6.45) is 1.08. The van der Waals surface area contributed by atoms with Crippen molar-refractivity contribution in [3.05, 3.63) is 28.2 Å². The van der Waals surface area contributed by atoms with Crippen LogP contribution in [0, 0.1) is 0 Å². The molecule has 4 nitrogen and oxygen atoms in total. The van der Waals surface area contributed by atoms with E-state index < -0.39 is 0 Å². The molecule has 1 N–H and O–H groups in total. The van der Waals surface area contributed by atoms with Crippen molar-refractivity contribution in [1.29, 1.82) is 0 Å². The minimum absolute atomic E-state index is 0.0656. The molecule has 0 bridgehead atoms. The molecular weight excluding hydrogens is 322 g/mol. The van der Waals surface area contributed by atoms with E-state index in [2.05, 4.69) is 33.8 Å². The molecule has 2 aliphatic rings. The molecule has 3 rings (SSSR count). The van der Waals surface area contributed by atoms with Crippen LogP contribution in [0.2, 0.25) is 0 Å². The van der Waals surface area contributed by atoms with Crippen molar-refractivity contribution in [3.8, 4) is 5.75 Å². The van der Waals surface area contributed by atoms with E-state index in [0.29, 0.717) is 12.6 Å². The van der Waals surface area contributed by atoms with Gasteiger partial charge in [-0.05, 0) is 30.7 Å². The third-order valence-electron chi connectivity index (χ3n) is 4.04. The Labute approximate surface area is 127 Å². The maximum Gasteiger partial charge on any atom is 0.123 e. The highest BCUT2D eigenvalue weighted by Gasteiger charge is 2.31. The van der Waals surface area contributed by atoms with Crippen LogP contribution < -0.4 is 4.74 Å². The molecule has 0 amide bonds. The molecule has 20 heavy (non-hydrogen) atoms. The van der Waals surface area contributed by atoms with Gasteiger partial charge in [-0.3, -0.25) is 4.90 Å². The van der Waals surface area contributed by atoms with Gasteiger partial charge in [0.15, 0.2) is 0 Å². The van der Waals surface area contributed by atoms with Crippen LogP contribution in [0.15, 0.2) is 22.7 Å². The number of halogens is 1. The van der Waals surface area contributed by atoms with Gasteiger partial charge < -0.3 is 14.6 Å². The van der Waals surface area contributed by atoms with Crippen LogP contribution in [0.1, 0.15) is 12.5 Å². The third kappa shape index (κ3) is 3.01. The highest BCUT2D eigenvalue weighted by atomic mass is 79.9. The average Bonchev–Trinajstić information content (AvgIpc) is 2.82. The van der Waals surface area contributed by atoms with Crippen molar-refractivity contribution < 1.29 is 14.6 Å². The van der Waals surface area contributed by atoms with E-state index in [0.717, 1.165) is 29.7 Å². The number of rotatable bonds is 3. The van der Waals surface area contributed by atoms with E-state index in [1.165, 1.54) is 5.56 Å².